The van der Waals surface area contributed by atoms with E-state index in [1.54, 1.807) is 23.1 Å². The zero-order valence-electron chi connectivity index (χ0n) is 17.3. The highest BCUT2D eigenvalue weighted by Gasteiger charge is 2.42. The second-order valence-corrected chi connectivity index (χ2v) is 8.45. The third kappa shape index (κ3) is 3.76. The molecule has 1 N–H and O–H groups in total. The summed E-state index contributed by atoms with van der Waals surface area (Å²) in [4.78, 5) is 41.7. The van der Waals surface area contributed by atoms with Crippen LogP contribution in [0.5, 0.6) is 5.75 Å². The molecule has 2 aromatic carbocycles. The first-order valence-electron chi connectivity index (χ1n) is 10.8. The Kier molecular flexibility index (Phi) is 4.88. The number of rotatable bonds is 2. The summed E-state index contributed by atoms with van der Waals surface area (Å²) in [5.74, 6) is 0.220. The topological polar surface area (TPSA) is 79.0 Å². The Morgan fingerprint density at radius 1 is 0.968 bits per heavy atom. The summed E-state index contributed by atoms with van der Waals surface area (Å²) in [6.07, 6.45) is 1.87. The molecule has 2 aromatic rings. The predicted octanol–water partition coefficient (Wildman–Crippen LogP) is 2.10. The van der Waals surface area contributed by atoms with Gasteiger partial charge in [0.2, 0.25) is 11.8 Å². The van der Waals surface area contributed by atoms with E-state index in [0.717, 1.165) is 6.42 Å². The molecule has 1 spiro atoms. The summed E-state index contributed by atoms with van der Waals surface area (Å²) in [7, 11) is 0. The van der Waals surface area contributed by atoms with E-state index in [0.29, 0.717) is 43.8 Å². The molecule has 3 amide bonds. The van der Waals surface area contributed by atoms with Crippen molar-refractivity contribution in [1.82, 2.24) is 15.1 Å². The third-order valence-corrected chi connectivity index (χ3v) is 6.47. The van der Waals surface area contributed by atoms with Gasteiger partial charge in [-0.1, -0.05) is 36.4 Å². The van der Waals surface area contributed by atoms with Crippen molar-refractivity contribution in [2.45, 2.75) is 38.0 Å². The average molecular weight is 419 g/mol. The van der Waals surface area contributed by atoms with E-state index < -0.39 is 5.72 Å². The van der Waals surface area contributed by atoms with E-state index >= 15 is 0 Å². The van der Waals surface area contributed by atoms with E-state index in [-0.39, 0.29) is 30.7 Å². The number of benzene rings is 2. The van der Waals surface area contributed by atoms with Crippen molar-refractivity contribution in [2.75, 3.05) is 19.6 Å². The molecule has 1 atom stereocenters. The Labute approximate surface area is 181 Å². The van der Waals surface area contributed by atoms with Crippen LogP contribution in [0.4, 0.5) is 0 Å². The van der Waals surface area contributed by atoms with Crippen molar-refractivity contribution < 1.29 is 19.1 Å². The SMILES string of the molecule is O=C1NC2(CCC(=O)N(CC(=O)N3CCc4ccccc4C3)CC2)Oc2ccccc21. The molecule has 0 aliphatic carbocycles. The summed E-state index contributed by atoms with van der Waals surface area (Å²) < 4.78 is 6.16. The summed E-state index contributed by atoms with van der Waals surface area (Å²) in [5, 5.41) is 2.96. The Bertz CT molecular complexity index is 1050. The molecule has 31 heavy (non-hydrogen) atoms. The summed E-state index contributed by atoms with van der Waals surface area (Å²) in [6, 6.07) is 15.3. The van der Waals surface area contributed by atoms with E-state index in [4.69, 9.17) is 4.74 Å². The number of nitrogens with one attached hydrogen (secondary N) is 1. The quantitative estimate of drug-likeness (QED) is 0.809. The molecule has 1 fully saturated rings. The van der Waals surface area contributed by atoms with E-state index in [1.165, 1.54) is 11.1 Å². The standard InChI is InChI=1S/C24H25N3O4/c28-21-9-11-24(25-23(30)19-7-3-4-8-20(19)31-24)12-14-27(21)16-22(29)26-13-10-17-5-1-2-6-18(17)15-26/h1-8H,9-16H2,(H,25,30). The van der Waals surface area contributed by atoms with Crippen LogP contribution in [-0.2, 0) is 22.6 Å². The van der Waals surface area contributed by atoms with Gasteiger partial charge in [-0.15, -0.1) is 0 Å². The van der Waals surface area contributed by atoms with Crippen molar-refractivity contribution in [3.05, 3.63) is 65.2 Å². The number of ether oxygens (including phenoxy) is 1. The maximum absolute atomic E-state index is 12.9. The lowest BCUT2D eigenvalue weighted by atomic mass is 10.00. The summed E-state index contributed by atoms with van der Waals surface area (Å²) in [6.45, 7) is 1.66. The van der Waals surface area contributed by atoms with Crippen molar-refractivity contribution in [2.24, 2.45) is 0 Å². The molecular weight excluding hydrogens is 394 g/mol. The van der Waals surface area contributed by atoms with Gasteiger partial charge in [-0.05, 0) is 29.7 Å². The minimum atomic E-state index is -0.914. The highest BCUT2D eigenvalue weighted by Crippen LogP contribution is 2.33. The van der Waals surface area contributed by atoms with Gasteiger partial charge in [0.05, 0.1) is 12.1 Å². The van der Waals surface area contributed by atoms with Gasteiger partial charge < -0.3 is 19.9 Å². The smallest absolute Gasteiger partial charge is 0.258 e. The first-order chi connectivity index (χ1) is 15.0. The number of fused-ring (bicyclic) bond motifs is 2. The van der Waals surface area contributed by atoms with Crippen LogP contribution in [0.3, 0.4) is 0 Å². The molecule has 160 valence electrons. The largest absolute Gasteiger partial charge is 0.467 e. The fourth-order valence-electron chi connectivity index (χ4n) is 4.65. The normalized spacial score (nSPS) is 22.8. The van der Waals surface area contributed by atoms with Gasteiger partial charge in [0.25, 0.3) is 5.91 Å². The zero-order chi connectivity index (χ0) is 21.4. The molecule has 1 saturated heterocycles. The number of carbonyl (C=O) groups is 3. The maximum Gasteiger partial charge on any atom is 0.258 e. The Morgan fingerprint density at radius 3 is 2.61 bits per heavy atom. The molecular formula is C24H25N3O4. The number of likely N-dealkylation sites (tertiary alicyclic amines) is 1. The first kappa shape index (κ1) is 19.6. The van der Waals surface area contributed by atoms with Gasteiger partial charge in [-0.2, -0.15) is 0 Å². The minimum Gasteiger partial charge on any atom is -0.467 e. The number of amides is 3. The lowest BCUT2D eigenvalue weighted by molar-refractivity contribution is -0.140. The van der Waals surface area contributed by atoms with Gasteiger partial charge in [0.1, 0.15) is 5.75 Å². The second kappa shape index (κ2) is 7.72. The molecule has 1 unspecified atom stereocenters. The van der Waals surface area contributed by atoms with Crippen LogP contribution < -0.4 is 10.1 Å². The maximum atomic E-state index is 12.9. The highest BCUT2D eigenvalue weighted by molar-refractivity contribution is 5.98. The van der Waals surface area contributed by atoms with Crippen LogP contribution in [0.25, 0.3) is 0 Å². The molecule has 5 rings (SSSR count). The van der Waals surface area contributed by atoms with Gasteiger partial charge in [0, 0.05) is 38.9 Å². The highest BCUT2D eigenvalue weighted by atomic mass is 16.5. The van der Waals surface area contributed by atoms with Crippen molar-refractivity contribution in [1.29, 1.82) is 0 Å². The van der Waals surface area contributed by atoms with Gasteiger partial charge in [0.15, 0.2) is 5.72 Å². The number of carbonyl (C=O) groups excluding carboxylic acids is 3. The Hall–Kier alpha value is -3.35. The van der Waals surface area contributed by atoms with Crippen molar-refractivity contribution in [3.63, 3.8) is 0 Å². The fraction of sp³-hybridized carbons (Fsp3) is 0.375. The van der Waals surface area contributed by atoms with E-state index in [1.807, 2.05) is 23.1 Å². The number of nitrogens with zero attached hydrogens (tertiary/aromatic N) is 2. The molecule has 3 heterocycles. The lowest BCUT2D eigenvalue weighted by Crippen LogP contribution is -2.56. The van der Waals surface area contributed by atoms with Gasteiger partial charge in [-0.3, -0.25) is 14.4 Å². The van der Waals surface area contributed by atoms with Crippen LogP contribution in [0.2, 0.25) is 0 Å². The van der Waals surface area contributed by atoms with E-state index in [2.05, 4.69) is 17.4 Å². The predicted molar refractivity (Wildman–Crippen MR) is 113 cm³/mol. The number of hydrogen-bond acceptors (Lipinski definition) is 4. The average Bonchev–Trinajstić information content (AvgIpc) is 2.93. The van der Waals surface area contributed by atoms with Crippen LogP contribution >= 0.6 is 0 Å². The molecule has 7 heteroatoms. The van der Waals surface area contributed by atoms with Crippen LogP contribution in [0.1, 0.15) is 40.7 Å². The number of para-hydroxylation sites is 1. The van der Waals surface area contributed by atoms with Crippen LogP contribution in [0, 0.1) is 0 Å². The van der Waals surface area contributed by atoms with Crippen molar-refractivity contribution in [3.8, 4) is 5.75 Å². The third-order valence-electron chi connectivity index (χ3n) is 6.47. The minimum absolute atomic E-state index is 0.0438. The van der Waals surface area contributed by atoms with Crippen molar-refractivity contribution >= 4 is 17.7 Å². The van der Waals surface area contributed by atoms with Crippen LogP contribution in [-0.4, -0.2) is 52.9 Å². The van der Waals surface area contributed by atoms with Crippen LogP contribution in [0.15, 0.2) is 48.5 Å². The van der Waals surface area contributed by atoms with Gasteiger partial charge >= 0.3 is 0 Å². The molecule has 7 nitrogen and oxygen atoms in total. The lowest BCUT2D eigenvalue weighted by Gasteiger charge is -2.38. The fourth-order valence-corrected chi connectivity index (χ4v) is 4.65. The first-order valence-corrected chi connectivity index (χ1v) is 10.8. The summed E-state index contributed by atoms with van der Waals surface area (Å²) in [5.41, 5.74) is 2.04. The summed E-state index contributed by atoms with van der Waals surface area (Å²) >= 11 is 0. The molecule has 0 saturated carbocycles. The van der Waals surface area contributed by atoms with E-state index in [9.17, 15) is 14.4 Å². The molecule has 3 aliphatic rings. The molecule has 0 radical (unpaired) electrons. The monoisotopic (exact) mass is 419 g/mol. The zero-order valence-corrected chi connectivity index (χ0v) is 17.3. The second-order valence-electron chi connectivity index (χ2n) is 8.45. The Morgan fingerprint density at radius 2 is 1.74 bits per heavy atom. The molecule has 3 aliphatic heterocycles. The molecule has 0 aromatic heterocycles. The number of hydrogen-bond donors (Lipinski definition) is 1. The molecule has 0 bridgehead atoms. The van der Waals surface area contributed by atoms with Gasteiger partial charge in [-0.25, -0.2) is 0 Å². The Balaban J connectivity index is 1.26.